The second-order valence-corrected chi connectivity index (χ2v) is 9.37. The predicted molar refractivity (Wildman–Crippen MR) is 131 cm³/mol. The summed E-state index contributed by atoms with van der Waals surface area (Å²) < 4.78 is 15.5. The lowest BCUT2D eigenvalue weighted by molar-refractivity contribution is 0.0696. The van der Waals surface area contributed by atoms with Gasteiger partial charge in [-0.15, -0.1) is 0 Å². The molecule has 1 fully saturated rings. The van der Waals surface area contributed by atoms with Gasteiger partial charge < -0.3 is 18.9 Å². The first-order valence-electron chi connectivity index (χ1n) is 12.1. The zero-order valence-electron chi connectivity index (χ0n) is 19.9. The molecule has 0 radical (unpaired) electrons. The third-order valence-electron chi connectivity index (χ3n) is 6.82. The first-order chi connectivity index (χ1) is 17.1. The van der Waals surface area contributed by atoms with Gasteiger partial charge >= 0.3 is 0 Å². The topological polar surface area (TPSA) is 87.3 Å². The van der Waals surface area contributed by atoms with Crippen molar-refractivity contribution in [3.63, 3.8) is 0 Å². The van der Waals surface area contributed by atoms with Crippen LogP contribution in [0.15, 0.2) is 49.2 Å². The highest BCUT2D eigenvalue weighted by atomic mass is 16.6. The molecule has 1 amide bonds. The molecular weight excluding hydrogens is 444 g/mol. The number of imidazole rings is 1. The van der Waals surface area contributed by atoms with E-state index in [9.17, 15) is 4.79 Å². The number of benzene rings is 1. The Labute approximate surface area is 203 Å². The Morgan fingerprint density at radius 3 is 2.63 bits per heavy atom. The lowest BCUT2D eigenvalue weighted by Gasteiger charge is -2.32. The predicted octanol–water partition coefficient (Wildman–Crippen LogP) is 4.12. The Bertz CT molecular complexity index is 1370. The van der Waals surface area contributed by atoms with Crippen LogP contribution in [0.1, 0.15) is 49.1 Å². The van der Waals surface area contributed by atoms with Crippen LogP contribution in [0, 0.1) is 0 Å². The van der Waals surface area contributed by atoms with Gasteiger partial charge in [0.25, 0.3) is 5.91 Å². The molecule has 1 aromatic carbocycles. The smallest absolute Gasteiger partial charge is 0.254 e. The average molecular weight is 473 g/mol. The number of carbonyl (C=O) groups is 1. The number of fused-ring (bicyclic) bond motifs is 2. The minimum absolute atomic E-state index is 0.0172. The van der Waals surface area contributed by atoms with Crippen molar-refractivity contribution in [1.29, 1.82) is 0 Å². The highest BCUT2D eigenvalue weighted by Crippen LogP contribution is 2.36. The van der Waals surface area contributed by atoms with Crippen LogP contribution in [0.3, 0.4) is 0 Å². The molecule has 9 nitrogen and oxygen atoms in total. The van der Waals surface area contributed by atoms with E-state index in [4.69, 9.17) is 14.5 Å². The van der Waals surface area contributed by atoms with E-state index >= 15 is 0 Å². The fourth-order valence-electron chi connectivity index (χ4n) is 4.95. The van der Waals surface area contributed by atoms with Crippen LogP contribution < -0.4 is 9.47 Å². The Balaban J connectivity index is 1.37. The van der Waals surface area contributed by atoms with Gasteiger partial charge in [-0.2, -0.15) is 5.10 Å². The molecule has 2 aliphatic heterocycles. The van der Waals surface area contributed by atoms with Gasteiger partial charge in [-0.25, -0.2) is 14.6 Å². The third-order valence-corrected chi connectivity index (χ3v) is 6.82. The highest BCUT2D eigenvalue weighted by molar-refractivity contribution is 6.06. The number of pyridine rings is 1. The van der Waals surface area contributed by atoms with Crippen LogP contribution in [0.2, 0.25) is 0 Å². The van der Waals surface area contributed by atoms with Crippen molar-refractivity contribution >= 4 is 16.9 Å². The van der Waals surface area contributed by atoms with Gasteiger partial charge in [0, 0.05) is 43.1 Å². The summed E-state index contributed by atoms with van der Waals surface area (Å²) in [6.45, 7) is 6.58. The summed E-state index contributed by atoms with van der Waals surface area (Å²) in [7, 11) is 0. The maximum absolute atomic E-state index is 13.8. The number of amides is 1. The molecule has 180 valence electrons. The number of piperidine rings is 1. The largest absolute Gasteiger partial charge is 0.486 e. The highest BCUT2D eigenvalue weighted by Gasteiger charge is 2.27. The first kappa shape index (κ1) is 21.6. The van der Waals surface area contributed by atoms with Crippen LogP contribution in [0.25, 0.3) is 22.3 Å². The number of rotatable bonds is 4. The average Bonchev–Trinajstić information content (AvgIpc) is 3.58. The van der Waals surface area contributed by atoms with E-state index in [-0.39, 0.29) is 11.9 Å². The number of hydrogen-bond donors (Lipinski definition) is 0. The standard InChI is InChI=1S/C26H28N6O3/c1-17(2)32-25-21(15-28-32)20(26(33)30-8-5-19(6-9-30)31-10-7-27-16-31)14-22(29-25)18-3-4-23-24(13-18)35-12-11-34-23/h3-4,7,10,13-17,19H,5-6,8-9,11-12H2,1-2H3. The number of likely N-dealkylation sites (tertiary alicyclic amines) is 1. The Morgan fingerprint density at radius 2 is 1.89 bits per heavy atom. The SMILES string of the molecule is CC(C)n1ncc2c(C(=O)N3CCC(n4ccnc4)CC3)cc(-c3ccc4c(c3)OCCO4)nc21. The van der Waals surface area contributed by atoms with Gasteiger partial charge in [0.05, 0.1) is 29.2 Å². The van der Waals surface area contributed by atoms with Crippen LogP contribution in [0.5, 0.6) is 11.5 Å². The molecule has 4 aromatic rings. The Morgan fingerprint density at radius 1 is 1.09 bits per heavy atom. The summed E-state index contributed by atoms with van der Waals surface area (Å²) in [4.78, 5) is 24.8. The summed E-state index contributed by atoms with van der Waals surface area (Å²) in [5.74, 6) is 1.44. The molecule has 0 spiro atoms. The lowest BCUT2D eigenvalue weighted by atomic mass is 10.0. The van der Waals surface area contributed by atoms with Crippen molar-refractivity contribution in [2.45, 2.75) is 38.8 Å². The van der Waals surface area contributed by atoms with Gasteiger partial charge in [-0.05, 0) is 51.0 Å². The van der Waals surface area contributed by atoms with Gasteiger partial charge in [0.2, 0.25) is 0 Å². The summed E-state index contributed by atoms with van der Waals surface area (Å²) in [6.07, 6.45) is 9.22. The monoisotopic (exact) mass is 472 g/mol. The second-order valence-electron chi connectivity index (χ2n) is 9.37. The minimum atomic E-state index is 0.0172. The molecule has 35 heavy (non-hydrogen) atoms. The number of hydrogen-bond acceptors (Lipinski definition) is 6. The molecule has 0 bridgehead atoms. The van der Waals surface area contributed by atoms with Crippen molar-refractivity contribution in [2.75, 3.05) is 26.3 Å². The molecule has 0 unspecified atom stereocenters. The van der Waals surface area contributed by atoms with Crippen molar-refractivity contribution in [1.82, 2.24) is 29.2 Å². The fourth-order valence-corrected chi connectivity index (χ4v) is 4.95. The van der Waals surface area contributed by atoms with E-state index in [0.717, 1.165) is 29.5 Å². The molecule has 1 saturated heterocycles. The van der Waals surface area contributed by atoms with Crippen LogP contribution in [0.4, 0.5) is 0 Å². The van der Waals surface area contributed by atoms with Crippen molar-refractivity contribution in [3.8, 4) is 22.8 Å². The molecule has 3 aromatic heterocycles. The van der Waals surface area contributed by atoms with Gasteiger partial charge in [0.15, 0.2) is 17.1 Å². The maximum atomic E-state index is 13.8. The number of aromatic nitrogens is 5. The number of nitrogens with zero attached hydrogens (tertiary/aromatic N) is 6. The Hall–Kier alpha value is -3.88. The maximum Gasteiger partial charge on any atom is 0.254 e. The summed E-state index contributed by atoms with van der Waals surface area (Å²) >= 11 is 0. The van der Waals surface area contributed by atoms with E-state index in [1.54, 1.807) is 12.4 Å². The number of ether oxygens (including phenoxy) is 2. The van der Waals surface area contributed by atoms with Gasteiger partial charge in [0.1, 0.15) is 13.2 Å². The molecule has 0 aliphatic carbocycles. The zero-order valence-corrected chi connectivity index (χ0v) is 19.9. The van der Waals surface area contributed by atoms with E-state index < -0.39 is 0 Å². The lowest BCUT2D eigenvalue weighted by Crippen LogP contribution is -2.39. The quantitative estimate of drug-likeness (QED) is 0.444. The van der Waals surface area contributed by atoms with Crippen molar-refractivity contribution < 1.29 is 14.3 Å². The molecule has 9 heteroatoms. The Kier molecular flexibility index (Phi) is 5.39. The first-order valence-corrected chi connectivity index (χ1v) is 12.1. The van der Waals surface area contributed by atoms with Gasteiger partial charge in [-0.1, -0.05) is 0 Å². The normalized spacial score (nSPS) is 16.3. The molecule has 5 heterocycles. The van der Waals surface area contributed by atoms with E-state index in [1.807, 2.05) is 46.4 Å². The second kappa shape index (κ2) is 8.72. The van der Waals surface area contributed by atoms with E-state index in [0.29, 0.717) is 55.0 Å². The zero-order chi connectivity index (χ0) is 23.9. The minimum Gasteiger partial charge on any atom is -0.486 e. The van der Waals surface area contributed by atoms with E-state index in [1.165, 1.54) is 0 Å². The van der Waals surface area contributed by atoms with Gasteiger partial charge in [-0.3, -0.25) is 4.79 Å². The van der Waals surface area contributed by atoms with E-state index in [2.05, 4.69) is 28.5 Å². The number of carbonyl (C=O) groups excluding carboxylic acids is 1. The molecular formula is C26H28N6O3. The van der Waals surface area contributed by atoms with Crippen LogP contribution in [-0.2, 0) is 0 Å². The summed E-state index contributed by atoms with van der Waals surface area (Å²) in [5, 5.41) is 5.34. The molecule has 0 atom stereocenters. The summed E-state index contributed by atoms with van der Waals surface area (Å²) in [6, 6.07) is 8.18. The molecule has 0 saturated carbocycles. The van der Waals surface area contributed by atoms with Crippen molar-refractivity contribution in [3.05, 3.63) is 54.7 Å². The third kappa shape index (κ3) is 3.90. The molecule has 6 rings (SSSR count). The summed E-state index contributed by atoms with van der Waals surface area (Å²) in [5.41, 5.74) is 2.94. The fraction of sp³-hybridized carbons (Fsp3) is 0.385. The molecule has 2 aliphatic rings. The van der Waals surface area contributed by atoms with Crippen LogP contribution >= 0.6 is 0 Å². The van der Waals surface area contributed by atoms with Crippen molar-refractivity contribution in [2.24, 2.45) is 0 Å². The van der Waals surface area contributed by atoms with Crippen LogP contribution in [-0.4, -0.2) is 61.4 Å². The molecule has 0 N–H and O–H groups in total.